The first-order valence-electron chi connectivity index (χ1n) is 10.1. The van der Waals surface area contributed by atoms with E-state index >= 15 is 0 Å². The Morgan fingerprint density at radius 3 is 2.24 bits per heavy atom. The predicted molar refractivity (Wildman–Crippen MR) is 139 cm³/mol. The molecule has 1 atom stereocenters. The van der Waals surface area contributed by atoms with E-state index in [4.69, 9.17) is 0 Å². The molecule has 2 rings (SSSR count). The molecule has 0 aromatic heterocycles. The number of aliphatic imine (C=N–C) groups is 2. The normalized spacial score (nSPS) is 13.2. The van der Waals surface area contributed by atoms with Crippen molar-refractivity contribution in [3.8, 4) is 0 Å². The standard InChI is InChI=1S/C20H24F3N4OPS.C3H6/c1-5-24-19(30-27-17-8-6-7-15(13-17)20(21,22)23)26-14(2)25-16-9-11-18(12-10-16)29(3,4)28;1-3-2/h5-14,25,27H,1-4H3;3H,1H2,2H3/b24-5-,26-19+;. The number of anilines is 2. The largest absolute Gasteiger partial charge is 0.416 e. The number of nitrogens with one attached hydrogen (secondary N) is 2. The summed E-state index contributed by atoms with van der Waals surface area (Å²) < 4.78 is 53.5. The van der Waals surface area contributed by atoms with Gasteiger partial charge in [-0.05, 0) is 76.6 Å². The van der Waals surface area contributed by atoms with Crippen LogP contribution < -0.4 is 15.3 Å². The second kappa shape index (κ2) is 13.3. The van der Waals surface area contributed by atoms with Gasteiger partial charge >= 0.3 is 6.18 Å². The van der Waals surface area contributed by atoms with Crippen molar-refractivity contribution < 1.29 is 17.7 Å². The molecule has 0 saturated heterocycles. The summed E-state index contributed by atoms with van der Waals surface area (Å²) in [6, 6.07) is 12.2. The van der Waals surface area contributed by atoms with E-state index in [1.54, 1.807) is 38.6 Å². The van der Waals surface area contributed by atoms with Gasteiger partial charge in [0.2, 0.25) is 5.17 Å². The number of rotatable bonds is 6. The zero-order valence-corrected chi connectivity index (χ0v) is 21.1. The van der Waals surface area contributed by atoms with E-state index in [1.165, 1.54) is 6.07 Å². The summed E-state index contributed by atoms with van der Waals surface area (Å²) in [6.45, 7) is 12.2. The Morgan fingerprint density at radius 1 is 1.12 bits per heavy atom. The minimum Gasteiger partial charge on any atom is -0.364 e. The van der Waals surface area contributed by atoms with Crippen molar-refractivity contribution in [2.24, 2.45) is 9.98 Å². The smallest absolute Gasteiger partial charge is 0.364 e. The minimum absolute atomic E-state index is 0.300. The Morgan fingerprint density at radius 2 is 1.73 bits per heavy atom. The van der Waals surface area contributed by atoms with Crippen LogP contribution in [0.4, 0.5) is 24.5 Å². The lowest BCUT2D eigenvalue weighted by Crippen LogP contribution is -2.15. The highest BCUT2D eigenvalue weighted by molar-refractivity contribution is 8.15. The highest BCUT2D eigenvalue weighted by Gasteiger charge is 2.30. The predicted octanol–water partition coefficient (Wildman–Crippen LogP) is 7.11. The molecule has 10 heteroatoms. The summed E-state index contributed by atoms with van der Waals surface area (Å²) in [5.41, 5.74) is 0.375. The van der Waals surface area contributed by atoms with Crippen molar-refractivity contribution >= 4 is 47.2 Å². The summed E-state index contributed by atoms with van der Waals surface area (Å²) in [5.74, 6) is 0. The molecule has 0 bridgehead atoms. The fourth-order valence-electron chi connectivity index (χ4n) is 2.42. The van der Waals surface area contributed by atoms with E-state index in [0.717, 1.165) is 35.1 Å². The Hall–Kier alpha value is -2.51. The molecule has 0 saturated carbocycles. The number of hydrogen-bond donors (Lipinski definition) is 2. The fraction of sp³-hybridized carbons (Fsp3) is 0.304. The zero-order valence-electron chi connectivity index (χ0n) is 19.3. The molecule has 0 fully saturated rings. The van der Waals surface area contributed by atoms with Gasteiger partial charge in [-0.15, -0.1) is 6.58 Å². The molecule has 0 aliphatic heterocycles. The van der Waals surface area contributed by atoms with Gasteiger partial charge in [0.25, 0.3) is 0 Å². The van der Waals surface area contributed by atoms with Crippen LogP contribution in [0.5, 0.6) is 0 Å². The molecule has 0 aliphatic rings. The lowest BCUT2D eigenvalue weighted by Gasteiger charge is -2.14. The van der Waals surface area contributed by atoms with Crippen molar-refractivity contribution in [1.29, 1.82) is 0 Å². The van der Waals surface area contributed by atoms with Crippen LogP contribution in [0.15, 0.2) is 71.2 Å². The number of halogens is 3. The van der Waals surface area contributed by atoms with Gasteiger partial charge in [0.15, 0.2) is 0 Å². The average Bonchev–Trinajstić information content (AvgIpc) is 2.72. The third-order valence-corrected chi connectivity index (χ3v) is 6.13. The zero-order chi connectivity index (χ0) is 25.1. The molecular formula is C23H30F3N4OPS. The number of allylic oxidation sites excluding steroid dienone is 1. The van der Waals surface area contributed by atoms with Gasteiger partial charge in [-0.3, -0.25) is 0 Å². The number of benzene rings is 2. The summed E-state index contributed by atoms with van der Waals surface area (Å²) >= 11 is 1.02. The van der Waals surface area contributed by atoms with Gasteiger partial charge in [0.05, 0.1) is 5.56 Å². The molecule has 33 heavy (non-hydrogen) atoms. The molecule has 5 nitrogen and oxygen atoms in total. The minimum atomic E-state index is -4.40. The van der Waals surface area contributed by atoms with Crippen LogP contribution in [0, 0.1) is 0 Å². The van der Waals surface area contributed by atoms with Crippen molar-refractivity contribution in [2.75, 3.05) is 23.4 Å². The molecule has 0 aliphatic carbocycles. The SMILES string of the molecule is C/C=N\C(=N/C(C)Nc1ccc(P(C)(C)=O)cc1)SNc1cccc(C(F)(F)F)c1.C=CC. The van der Waals surface area contributed by atoms with Crippen LogP contribution >= 0.6 is 19.1 Å². The monoisotopic (exact) mass is 498 g/mol. The van der Waals surface area contributed by atoms with Crippen LogP contribution in [-0.4, -0.2) is 30.9 Å². The summed E-state index contributed by atoms with van der Waals surface area (Å²) in [7, 11) is -2.31. The molecular weight excluding hydrogens is 468 g/mol. The number of alkyl halides is 3. The highest BCUT2D eigenvalue weighted by atomic mass is 32.2. The van der Waals surface area contributed by atoms with E-state index in [-0.39, 0.29) is 6.17 Å². The first-order valence-corrected chi connectivity index (χ1v) is 13.5. The topological polar surface area (TPSA) is 65.8 Å². The molecule has 180 valence electrons. The second-order valence-electron chi connectivity index (χ2n) is 7.21. The molecule has 2 aromatic carbocycles. The third kappa shape index (κ3) is 10.8. The number of nitrogens with zero attached hydrogens (tertiary/aromatic N) is 2. The van der Waals surface area contributed by atoms with Crippen molar-refractivity contribution in [2.45, 2.75) is 33.1 Å². The Kier molecular flexibility index (Phi) is 11.5. The van der Waals surface area contributed by atoms with Crippen LogP contribution in [0.1, 0.15) is 26.3 Å². The van der Waals surface area contributed by atoms with Crippen LogP contribution in [-0.2, 0) is 10.7 Å². The summed E-state index contributed by atoms with van der Waals surface area (Å²) in [4.78, 5) is 8.61. The third-order valence-electron chi connectivity index (χ3n) is 3.86. The fourth-order valence-corrected chi connectivity index (χ4v) is 3.99. The Bertz CT molecular complexity index is 1000. The van der Waals surface area contributed by atoms with E-state index in [2.05, 4.69) is 26.6 Å². The highest BCUT2D eigenvalue weighted by Crippen LogP contribution is 2.34. The first kappa shape index (κ1) is 28.5. The molecule has 0 spiro atoms. The summed E-state index contributed by atoms with van der Waals surface area (Å²) in [5, 5.41) is 4.35. The molecule has 1 unspecified atom stereocenters. The second-order valence-corrected chi connectivity index (χ2v) is 11.2. The Balaban J connectivity index is 0.00000172. The van der Waals surface area contributed by atoms with E-state index < -0.39 is 18.9 Å². The van der Waals surface area contributed by atoms with Gasteiger partial charge in [-0.1, -0.05) is 12.1 Å². The first-order chi connectivity index (χ1) is 15.4. The average molecular weight is 499 g/mol. The summed E-state index contributed by atoms with van der Waals surface area (Å²) in [6.07, 6.45) is -1.44. The van der Waals surface area contributed by atoms with Gasteiger partial charge < -0.3 is 14.6 Å². The van der Waals surface area contributed by atoms with Crippen LogP contribution in [0.3, 0.4) is 0 Å². The maximum atomic E-state index is 12.9. The molecule has 2 N–H and O–H groups in total. The molecule has 0 amide bonds. The van der Waals surface area contributed by atoms with E-state index in [1.807, 2.05) is 38.1 Å². The van der Waals surface area contributed by atoms with E-state index in [0.29, 0.717) is 10.9 Å². The van der Waals surface area contributed by atoms with Gasteiger partial charge in [0, 0.05) is 34.8 Å². The van der Waals surface area contributed by atoms with Gasteiger partial charge in [0.1, 0.15) is 13.3 Å². The van der Waals surface area contributed by atoms with Crippen LogP contribution in [0.2, 0.25) is 0 Å². The quantitative estimate of drug-likeness (QED) is 0.146. The maximum absolute atomic E-state index is 12.9. The maximum Gasteiger partial charge on any atom is 0.416 e. The number of amidine groups is 1. The molecule has 0 heterocycles. The van der Waals surface area contributed by atoms with Gasteiger partial charge in [-0.2, -0.15) is 13.2 Å². The van der Waals surface area contributed by atoms with E-state index in [9.17, 15) is 17.7 Å². The lowest BCUT2D eigenvalue weighted by molar-refractivity contribution is -0.137. The van der Waals surface area contributed by atoms with Gasteiger partial charge in [-0.25, -0.2) is 9.98 Å². The molecule has 2 aromatic rings. The van der Waals surface area contributed by atoms with Crippen molar-refractivity contribution in [1.82, 2.24) is 0 Å². The van der Waals surface area contributed by atoms with Crippen LogP contribution in [0.25, 0.3) is 0 Å². The lowest BCUT2D eigenvalue weighted by atomic mass is 10.2. The molecule has 0 radical (unpaired) electrons. The van der Waals surface area contributed by atoms with Crippen molar-refractivity contribution in [3.63, 3.8) is 0 Å². The Labute approximate surface area is 198 Å². The number of hydrogen-bond acceptors (Lipinski definition) is 5. The van der Waals surface area contributed by atoms with Crippen molar-refractivity contribution in [3.05, 3.63) is 66.7 Å².